The summed E-state index contributed by atoms with van der Waals surface area (Å²) in [6, 6.07) is 15.1. The van der Waals surface area contributed by atoms with E-state index in [0.717, 1.165) is 31.5 Å². The van der Waals surface area contributed by atoms with Crippen molar-refractivity contribution in [2.24, 2.45) is 0 Å². The van der Waals surface area contributed by atoms with Crippen LogP contribution < -0.4 is 15.4 Å². The number of nitrogens with one attached hydrogen (secondary N) is 2. The first-order chi connectivity index (χ1) is 11.7. The molecular formula is C19H21ClN2O2. The van der Waals surface area contributed by atoms with E-state index < -0.39 is 0 Å². The number of hydrogen-bond acceptors (Lipinski definition) is 3. The summed E-state index contributed by atoms with van der Waals surface area (Å²) < 4.78 is 5.78. The van der Waals surface area contributed by atoms with Crippen LogP contribution in [0.2, 0.25) is 5.02 Å². The van der Waals surface area contributed by atoms with Crippen LogP contribution in [0.15, 0.2) is 48.5 Å². The van der Waals surface area contributed by atoms with Gasteiger partial charge in [0.15, 0.2) is 0 Å². The van der Waals surface area contributed by atoms with Gasteiger partial charge in [0.1, 0.15) is 12.4 Å². The van der Waals surface area contributed by atoms with Gasteiger partial charge in [0.05, 0.1) is 0 Å². The average Bonchev–Trinajstić information content (AvgIpc) is 2.62. The van der Waals surface area contributed by atoms with Gasteiger partial charge in [0.25, 0.3) is 5.91 Å². The predicted molar refractivity (Wildman–Crippen MR) is 95.6 cm³/mol. The predicted octanol–water partition coefficient (Wildman–Crippen LogP) is 3.40. The first-order valence-corrected chi connectivity index (χ1v) is 8.57. The lowest BCUT2D eigenvalue weighted by molar-refractivity contribution is 0.0929. The molecule has 1 heterocycles. The third kappa shape index (κ3) is 4.73. The first kappa shape index (κ1) is 16.8. The number of halogens is 1. The van der Waals surface area contributed by atoms with Crippen molar-refractivity contribution in [3.05, 3.63) is 64.7 Å². The smallest absolute Gasteiger partial charge is 0.251 e. The number of benzene rings is 2. The summed E-state index contributed by atoms with van der Waals surface area (Å²) in [5, 5.41) is 7.09. The molecule has 0 saturated carbocycles. The highest BCUT2D eigenvalue weighted by atomic mass is 35.5. The summed E-state index contributed by atoms with van der Waals surface area (Å²) in [5.41, 5.74) is 1.66. The van der Waals surface area contributed by atoms with Crippen molar-refractivity contribution in [2.75, 3.05) is 13.1 Å². The minimum atomic E-state index is -0.0427. The summed E-state index contributed by atoms with van der Waals surface area (Å²) >= 11 is 5.88. The van der Waals surface area contributed by atoms with Crippen molar-refractivity contribution in [3.8, 4) is 5.75 Å². The third-order valence-corrected chi connectivity index (χ3v) is 4.34. The maximum atomic E-state index is 12.4. The molecule has 126 valence electrons. The van der Waals surface area contributed by atoms with Gasteiger partial charge in [-0.05, 0) is 61.8 Å². The molecule has 1 fully saturated rings. The summed E-state index contributed by atoms with van der Waals surface area (Å²) in [7, 11) is 0. The van der Waals surface area contributed by atoms with Crippen molar-refractivity contribution in [1.29, 1.82) is 0 Å². The van der Waals surface area contributed by atoms with Crippen molar-refractivity contribution in [2.45, 2.75) is 25.5 Å². The molecule has 1 amide bonds. The van der Waals surface area contributed by atoms with Crippen molar-refractivity contribution in [1.82, 2.24) is 10.6 Å². The molecule has 0 bridgehead atoms. The Morgan fingerprint density at radius 1 is 1.17 bits per heavy atom. The van der Waals surface area contributed by atoms with Crippen LogP contribution in [-0.2, 0) is 6.61 Å². The molecule has 1 aliphatic heterocycles. The molecule has 0 unspecified atom stereocenters. The van der Waals surface area contributed by atoms with Gasteiger partial charge in [-0.1, -0.05) is 29.8 Å². The van der Waals surface area contributed by atoms with Crippen molar-refractivity contribution >= 4 is 17.5 Å². The molecule has 0 aliphatic carbocycles. The first-order valence-electron chi connectivity index (χ1n) is 8.19. The summed E-state index contributed by atoms with van der Waals surface area (Å²) in [6.07, 6.45) is 1.94. The Morgan fingerprint density at radius 3 is 2.67 bits per heavy atom. The third-order valence-electron chi connectivity index (χ3n) is 4.09. The highest BCUT2D eigenvalue weighted by molar-refractivity contribution is 6.30. The molecule has 4 nitrogen and oxygen atoms in total. The zero-order valence-electron chi connectivity index (χ0n) is 13.4. The lowest BCUT2D eigenvalue weighted by atomic mass is 10.1. The summed E-state index contributed by atoms with van der Waals surface area (Å²) in [5.74, 6) is 0.641. The van der Waals surface area contributed by atoms with Gasteiger partial charge in [-0.25, -0.2) is 0 Å². The van der Waals surface area contributed by atoms with E-state index in [-0.39, 0.29) is 11.9 Å². The van der Waals surface area contributed by atoms with Gasteiger partial charge in [-0.2, -0.15) is 0 Å². The van der Waals surface area contributed by atoms with Crippen LogP contribution in [0.5, 0.6) is 5.75 Å². The molecule has 2 aromatic carbocycles. The second-order valence-corrected chi connectivity index (χ2v) is 6.38. The van der Waals surface area contributed by atoms with Crippen LogP contribution >= 0.6 is 11.6 Å². The lowest BCUT2D eigenvalue weighted by Gasteiger charge is -2.23. The van der Waals surface area contributed by atoms with E-state index in [1.165, 1.54) is 0 Å². The van der Waals surface area contributed by atoms with Gasteiger partial charge in [0, 0.05) is 16.6 Å². The van der Waals surface area contributed by atoms with E-state index in [1.807, 2.05) is 42.5 Å². The zero-order chi connectivity index (χ0) is 16.8. The normalized spacial score (nSPS) is 15.0. The van der Waals surface area contributed by atoms with E-state index in [9.17, 15) is 4.79 Å². The molecule has 0 radical (unpaired) electrons. The van der Waals surface area contributed by atoms with Crippen molar-refractivity contribution < 1.29 is 9.53 Å². The Hall–Kier alpha value is -2.04. The molecule has 1 aliphatic rings. The number of ether oxygens (including phenoxy) is 1. The van der Waals surface area contributed by atoms with Crippen LogP contribution in [0.25, 0.3) is 0 Å². The van der Waals surface area contributed by atoms with E-state index >= 15 is 0 Å². The number of amides is 1. The van der Waals surface area contributed by atoms with Crippen LogP contribution in [0.3, 0.4) is 0 Å². The largest absolute Gasteiger partial charge is 0.489 e. The molecule has 0 aromatic heterocycles. The monoisotopic (exact) mass is 344 g/mol. The number of rotatable bonds is 5. The molecule has 5 heteroatoms. The SMILES string of the molecule is O=C(NC1CCNCC1)c1cccc(OCc2ccc(Cl)cc2)c1. The van der Waals surface area contributed by atoms with Gasteiger partial charge >= 0.3 is 0 Å². The molecule has 0 atom stereocenters. The second-order valence-electron chi connectivity index (χ2n) is 5.94. The topological polar surface area (TPSA) is 50.4 Å². The van der Waals surface area contributed by atoms with E-state index in [4.69, 9.17) is 16.3 Å². The highest BCUT2D eigenvalue weighted by Gasteiger charge is 2.16. The minimum absolute atomic E-state index is 0.0427. The highest BCUT2D eigenvalue weighted by Crippen LogP contribution is 2.17. The van der Waals surface area contributed by atoms with Crippen LogP contribution in [0.1, 0.15) is 28.8 Å². The number of carbonyl (C=O) groups is 1. The van der Waals surface area contributed by atoms with Crippen LogP contribution in [0, 0.1) is 0 Å². The number of hydrogen-bond donors (Lipinski definition) is 2. The Labute approximate surface area is 147 Å². The Kier molecular flexibility index (Phi) is 5.72. The van der Waals surface area contributed by atoms with Gasteiger partial charge in [-0.3, -0.25) is 4.79 Å². The summed E-state index contributed by atoms with van der Waals surface area (Å²) in [4.78, 5) is 12.4. The number of carbonyl (C=O) groups excluding carboxylic acids is 1. The second kappa shape index (κ2) is 8.18. The minimum Gasteiger partial charge on any atom is -0.489 e. The lowest BCUT2D eigenvalue weighted by Crippen LogP contribution is -2.42. The van der Waals surface area contributed by atoms with Crippen molar-refractivity contribution in [3.63, 3.8) is 0 Å². The average molecular weight is 345 g/mol. The fraction of sp³-hybridized carbons (Fsp3) is 0.316. The maximum absolute atomic E-state index is 12.4. The standard InChI is InChI=1S/C19H21ClN2O2/c20-16-6-4-14(5-7-16)13-24-18-3-1-2-15(12-18)19(23)22-17-8-10-21-11-9-17/h1-7,12,17,21H,8-11,13H2,(H,22,23). The van der Waals surface area contributed by atoms with Gasteiger partial charge in [0.2, 0.25) is 0 Å². The number of piperidine rings is 1. The Balaban J connectivity index is 1.58. The van der Waals surface area contributed by atoms with E-state index in [0.29, 0.717) is 22.9 Å². The quantitative estimate of drug-likeness (QED) is 0.874. The zero-order valence-corrected chi connectivity index (χ0v) is 14.2. The molecule has 1 saturated heterocycles. The fourth-order valence-electron chi connectivity index (χ4n) is 2.71. The Morgan fingerprint density at radius 2 is 1.92 bits per heavy atom. The van der Waals surface area contributed by atoms with E-state index in [2.05, 4.69) is 10.6 Å². The van der Waals surface area contributed by atoms with Gasteiger partial charge < -0.3 is 15.4 Å². The van der Waals surface area contributed by atoms with E-state index in [1.54, 1.807) is 6.07 Å². The van der Waals surface area contributed by atoms with Gasteiger partial charge in [-0.15, -0.1) is 0 Å². The summed E-state index contributed by atoms with van der Waals surface area (Å²) in [6.45, 7) is 2.35. The van der Waals surface area contributed by atoms with Crippen LogP contribution in [0.4, 0.5) is 0 Å². The maximum Gasteiger partial charge on any atom is 0.251 e. The molecular weight excluding hydrogens is 324 g/mol. The molecule has 3 rings (SSSR count). The van der Waals surface area contributed by atoms with Crippen LogP contribution in [-0.4, -0.2) is 25.0 Å². The fourth-order valence-corrected chi connectivity index (χ4v) is 2.84. The molecule has 24 heavy (non-hydrogen) atoms. The molecule has 2 N–H and O–H groups in total. The molecule has 2 aromatic rings. The molecule has 0 spiro atoms. The Bertz CT molecular complexity index is 682.